The van der Waals surface area contributed by atoms with Crippen LogP contribution in [0.5, 0.6) is 11.5 Å². The first-order valence-corrected chi connectivity index (χ1v) is 10.1. The molecule has 4 atom stereocenters. The maximum absolute atomic E-state index is 12.7. The Balaban J connectivity index is 0.00000210. The molecule has 4 unspecified atom stereocenters. The molecule has 27 heavy (non-hydrogen) atoms. The molecule has 0 bridgehead atoms. The molecule has 1 saturated carbocycles. The summed E-state index contributed by atoms with van der Waals surface area (Å²) in [5.41, 5.74) is 2.18. The van der Waals surface area contributed by atoms with Crippen LogP contribution in [0.15, 0.2) is 12.1 Å². The zero-order valence-electron chi connectivity index (χ0n) is 16.3. The van der Waals surface area contributed by atoms with Crippen molar-refractivity contribution < 1.29 is 14.3 Å². The van der Waals surface area contributed by atoms with Crippen LogP contribution in [0.25, 0.3) is 0 Å². The van der Waals surface area contributed by atoms with Crippen LogP contribution in [-0.2, 0) is 17.8 Å². The Labute approximate surface area is 168 Å². The van der Waals surface area contributed by atoms with Gasteiger partial charge in [0.25, 0.3) is 0 Å². The summed E-state index contributed by atoms with van der Waals surface area (Å²) in [6.07, 6.45) is 7.15. The second kappa shape index (κ2) is 8.70. The number of halogens is 1. The highest BCUT2D eigenvalue weighted by atomic mass is 35.5. The smallest absolute Gasteiger partial charge is 0.237 e. The summed E-state index contributed by atoms with van der Waals surface area (Å²) in [7, 11) is 0. The second-order valence-corrected chi connectivity index (χ2v) is 7.96. The number of rotatable bonds is 5. The maximum atomic E-state index is 12.7. The quantitative estimate of drug-likeness (QED) is 0.803. The average molecular weight is 395 g/mol. The van der Waals surface area contributed by atoms with Crippen molar-refractivity contribution in [3.63, 3.8) is 0 Å². The van der Waals surface area contributed by atoms with Crippen LogP contribution in [0, 0.1) is 5.92 Å². The molecular formula is C21H31ClN2O3. The van der Waals surface area contributed by atoms with Crippen molar-refractivity contribution in [2.45, 2.75) is 77.1 Å². The lowest BCUT2D eigenvalue weighted by atomic mass is 9.85. The molecule has 3 aliphatic rings. The zero-order chi connectivity index (χ0) is 18.1. The van der Waals surface area contributed by atoms with Crippen molar-refractivity contribution in [3.8, 4) is 11.5 Å². The molecule has 0 aromatic heterocycles. The monoisotopic (exact) mass is 394 g/mol. The summed E-state index contributed by atoms with van der Waals surface area (Å²) in [5.74, 6) is 2.57. The molecule has 1 aromatic rings. The molecule has 2 aliphatic heterocycles. The Hall–Kier alpha value is -1.46. The maximum Gasteiger partial charge on any atom is 0.237 e. The number of amides is 1. The van der Waals surface area contributed by atoms with Gasteiger partial charge in [0, 0.05) is 30.1 Å². The molecule has 2 heterocycles. The lowest BCUT2D eigenvalue weighted by Gasteiger charge is -2.24. The van der Waals surface area contributed by atoms with Gasteiger partial charge in [0.2, 0.25) is 5.91 Å². The summed E-state index contributed by atoms with van der Waals surface area (Å²) in [6.45, 7) is 5.16. The Kier molecular flexibility index (Phi) is 6.53. The van der Waals surface area contributed by atoms with Crippen LogP contribution >= 0.6 is 12.4 Å². The lowest BCUT2D eigenvalue weighted by molar-refractivity contribution is -0.123. The number of hydrogen-bond acceptors (Lipinski definition) is 4. The second-order valence-electron chi connectivity index (χ2n) is 7.96. The molecule has 1 saturated heterocycles. The van der Waals surface area contributed by atoms with Crippen molar-refractivity contribution in [1.82, 2.24) is 10.6 Å². The molecule has 4 rings (SSSR count). The summed E-state index contributed by atoms with van der Waals surface area (Å²) in [4.78, 5) is 12.7. The van der Waals surface area contributed by atoms with E-state index in [1.165, 1.54) is 31.2 Å². The van der Waals surface area contributed by atoms with Crippen molar-refractivity contribution >= 4 is 18.3 Å². The fourth-order valence-electron chi connectivity index (χ4n) is 4.74. The van der Waals surface area contributed by atoms with Gasteiger partial charge < -0.3 is 20.1 Å². The molecule has 0 spiro atoms. The summed E-state index contributed by atoms with van der Waals surface area (Å²) >= 11 is 0. The highest BCUT2D eigenvalue weighted by Gasteiger charge is 2.38. The van der Waals surface area contributed by atoms with Gasteiger partial charge in [0.15, 0.2) is 0 Å². The van der Waals surface area contributed by atoms with Gasteiger partial charge >= 0.3 is 0 Å². The molecule has 2 N–H and O–H groups in total. The molecule has 150 valence electrons. The van der Waals surface area contributed by atoms with Crippen LogP contribution in [-0.4, -0.2) is 30.7 Å². The number of hydrogen-bond donors (Lipinski definition) is 2. The topological polar surface area (TPSA) is 59.6 Å². The van der Waals surface area contributed by atoms with E-state index in [2.05, 4.69) is 23.6 Å². The number of carbonyl (C=O) groups excluding carboxylic acids is 1. The summed E-state index contributed by atoms with van der Waals surface area (Å²) in [5, 5.41) is 6.66. The minimum atomic E-state index is -0.0515. The predicted octanol–water partition coefficient (Wildman–Crippen LogP) is 3.37. The Morgan fingerprint density at radius 3 is 2.93 bits per heavy atom. The highest BCUT2D eigenvalue weighted by Crippen LogP contribution is 2.36. The van der Waals surface area contributed by atoms with Crippen LogP contribution in [0.2, 0.25) is 0 Å². The Morgan fingerprint density at radius 1 is 1.33 bits per heavy atom. The standard InChI is InChI=1S/C21H30N2O3.ClH/c1-3-25-19-10-15-8-13(2)26-20(15)11-16(19)12-22-21(24)18-9-14-6-4-5-7-17(14)23-18;/h10-11,13-14,17-18,23H,3-9,12H2,1-2H3,(H,22,24);1H. The van der Waals surface area contributed by atoms with Gasteiger partial charge in [-0.1, -0.05) is 12.8 Å². The van der Waals surface area contributed by atoms with E-state index in [-0.39, 0.29) is 30.5 Å². The molecule has 1 amide bonds. The third-order valence-corrected chi connectivity index (χ3v) is 6.01. The van der Waals surface area contributed by atoms with Crippen molar-refractivity contribution in [3.05, 3.63) is 23.3 Å². The zero-order valence-corrected chi connectivity index (χ0v) is 17.1. The van der Waals surface area contributed by atoms with Gasteiger partial charge in [-0.2, -0.15) is 0 Å². The average Bonchev–Trinajstić information content (AvgIpc) is 3.21. The third-order valence-electron chi connectivity index (χ3n) is 6.01. The fraction of sp³-hybridized carbons (Fsp3) is 0.667. The number of nitrogens with one attached hydrogen (secondary N) is 2. The van der Waals surface area contributed by atoms with E-state index >= 15 is 0 Å². The Morgan fingerprint density at radius 2 is 2.15 bits per heavy atom. The van der Waals surface area contributed by atoms with Gasteiger partial charge in [0.1, 0.15) is 17.6 Å². The number of fused-ring (bicyclic) bond motifs is 2. The Bertz CT molecular complexity index is 668. The molecule has 0 radical (unpaired) electrons. The first-order chi connectivity index (χ1) is 12.6. The van der Waals surface area contributed by atoms with E-state index in [0.29, 0.717) is 25.1 Å². The number of carbonyl (C=O) groups is 1. The molecular weight excluding hydrogens is 364 g/mol. The van der Waals surface area contributed by atoms with Crippen molar-refractivity contribution in [2.75, 3.05) is 6.61 Å². The van der Waals surface area contributed by atoms with Gasteiger partial charge in [-0.15, -0.1) is 12.4 Å². The van der Waals surface area contributed by atoms with E-state index in [1.807, 2.05) is 13.0 Å². The fourth-order valence-corrected chi connectivity index (χ4v) is 4.74. The van der Waals surface area contributed by atoms with Crippen LogP contribution in [0.1, 0.15) is 57.1 Å². The largest absolute Gasteiger partial charge is 0.494 e. The van der Waals surface area contributed by atoms with E-state index in [0.717, 1.165) is 29.9 Å². The molecule has 1 aliphatic carbocycles. The first kappa shape index (κ1) is 20.3. The van der Waals surface area contributed by atoms with Gasteiger partial charge in [0.05, 0.1) is 12.6 Å². The van der Waals surface area contributed by atoms with Crippen LogP contribution < -0.4 is 20.1 Å². The van der Waals surface area contributed by atoms with Crippen molar-refractivity contribution in [2.24, 2.45) is 5.92 Å². The predicted molar refractivity (Wildman–Crippen MR) is 108 cm³/mol. The lowest BCUT2D eigenvalue weighted by Crippen LogP contribution is -2.42. The van der Waals surface area contributed by atoms with Crippen LogP contribution in [0.3, 0.4) is 0 Å². The van der Waals surface area contributed by atoms with Crippen LogP contribution in [0.4, 0.5) is 0 Å². The summed E-state index contributed by atoms with van der Waals surface area (Å²) < 4.78 is 11.7. The number of ether oxygens (including phenoxy) is 2. The molecule has 6 heteroatoms. The van der Waals surface area contributed by atoms with E-state index in [4.69, 9.17) is 9.47 Å². The minimum Gasteiger partial charge on any atom is -0.494 e. The highest BCUT2D eigenvalue weighted by molar-refractivity contribution is 5.85. The van der Waals surface area contributed by atoms with E-state index in [9.17, 15) is 4.79 Å². The van der Waals surface area contributed by atoms with Gasteiger partial charge in [-0.05, 0) is 51.2 Å². The third kappa shape index (κ3) is 4.35. The number of benzene rings is 1. The van der Waals surface area contributed by atoms with Gasteiger partial charge in [-0.3, -0.25) is 4.79 Å². The first-order valence-electron chi connectivity index (χ1n) is 10.1. The molecule has 5 nitrogen and oxygen atoms in total. The summed E-state index contributed by atoms with van der Waals surface area (Å²) in [6, 6.07) is 4.59. The van der Waals surface area contributed by atoms with Gasteiger partial charge in [-0.25, -0.2) is 0 Å². The van der Waals surface area contributed by atoms with E-state index < -0.39 is 0 Å². The van der Waals surface area contributed by atoms with E-state index in [1.54, 1.807) is 0 Å². The SMILES string of the molecule is CCOc1cc2c(cc1CNC(=O)C1CC3CCCCC3N1)OC(C)C2.Cl. The molecule has 2 fully saturated rings. The molecule has 1 aromatic carbocycles. The normalized spacial score (nSPS) is 28.5. The minimum absolute atomic E-state index is 0. The van der Waals surface area contributed by atoms with Crippen molar-refractivity contribution in [1.29, 1.82) is 0 Å².